The van der Waals surface area contributed by atoms with Crippen LogP contribution in [-0.2, 0) is 5.33 Å². The fraction of sp³-hybridized carbons (Fsp3) is 0.250. The van der Waals surface area contributed by atoms with Gasteiger partial charge in [0.2, 0.25) is 0 Å². The molecule has 82 valence electrons. The molecule has 1 N–H and O–H groups in total. The van der Waals surface area contributed by atoms with Crippen LogP contribution < -0.4 is 0 Å². The predicted octanol–water partition coefficient (Wildman–Crippen LogP) is 3.37. The van der Waals surface area contributed by atoms with Crippen molar-refractivity contribution in [1.29, 1.82) is 0 Å². The average Bonchev–Trinajstić information content (AvgIpc) is 2.16. The summed E-state index contributed by atoms with van der Waals surface area (Å²) in [6, 6.07) is 0. The molecule has 7 heteroatoms. The zero-order valence-corrected chi connectivity index (χ0v) is 10.3. The number of rotatable bonds is 3. The Morgan fingerprint density at radius 3 is 2.60 bits per heavy atom. The Morgan fingerprint density at radius 2 is 2.20 bits per heavy atom. The van der Waals surface area contributed by atoms with Crippen LogP contribution in [0.3, 0.4) is 0 Å². The van der Waals surface area contributed by atoms with Gasteiger partial charge in [0.15, 0.2) is 0 Å². The van der Waals surface area contributed by atoms with Gasteiger partial charge in [0.1, 0.15) is 4.60 Å². The van der Waals surface area contributed by atoms with Gasteiger partial charge in [-0.25, -0.2) is 18.6 Å². The second-order valence-corrected chi connectivity index (χ2v) is 3.91. The van der Waals surface area contributed by atoms with Crippen molar-refractivity contribution in [3.8, 4) is 0 Å². The molecule has 1 rings (SSSR count). The number of nitrogens with zero attached hydrogens (tertiary/aromatic N) is 1. The molecule has 3 nitrogen and oxygen atoms in total. The summed E-state index contributed by atoms with van der Waals surface area (Å²) in [7, 11) is 0. The number of aromatic carboxylic acids is 1. The molecular weight excluding hydrogens is 340 g/mol. The van der Waals surface area contributed by atoms with Gasteiger partial charge in [0.25, 0.3) is 6.43 Å². The van der Waals surface area contributed by atoms with Crippen molar-refractivity contribution in [2.75, 3.05) is 0 Å². The normalized spacial score (nSPS) is 10.7. The summed E-state index contributed by atoms with van der Waals surface area (Å²) in [6.07, 6.45) is -1.63. The molecule has 0 aliphatic carbocycles. The van der Waals surface area contributed by atoms with E-state index in [0.29, 0.717) is 0 Å². The van der Waals surface area contributed by atoms with E-state index >= 15 is 0 Å². The van der Waals surface area contributed by atoms with Crippen LogP contribution in [0.15, 0.2) is 10.8 Å². The molecule has 0 aliphatic rings. The maximum absolute atomic E-state index is 12.6. The number of hydrogen-bond donors (Lipinski definition) is 1. The van der Waals surface area contributed by atoms with E-state index in [-0.39, 0.29) is 15.5 Å². The second kappa shape index (κ2) is 4.98. The maximum atomic E-state index is 12.6. The Bertz CT molecular complexity index is 398. The number of pyridine rings is 1. The third-order valence-electron chi connectivity index (χ3n) is 1.72. The Kier molecular flexibility index (Phi) is 4.15. The lowest BCUT2D eigenvalue weighted by molar-refractivity contribution is 0.0682. The zero-order chi connectivity index (χ0) is 11.6. The SMILES string of the molecule is O=C(O)c1c(CBr)cnc(Br)c1C(F)F. The molecule has 15 heavy (non-hydrogen) atoms. The molecule has 1 aromatic heterocycles. The van der Waals surface area contributed by atoms with Crippen LogP contribution in [0, 0.1) is 0 Å². The van der Waals surface area contributed by atoms with Crippen molar-refractivity contribution >= 4 is 37.8 Å². The van der Waals surface area contributed by atoms with Gasteiger partial charge in [-0.3, -0.25) is 0 Å². The first-order chi connectivity index (χ1) is 6.99. The molecule has 0 aliphatic heterocycles. The fourth-order valence-electron chi connectivity index (χ4n) is 1.10. The first kappa shape index (κ1) is 12.5. The number of alkyl halides is 3. The van der Waals surface area contributed by atoms with Crippen molar-refractivity contribution in [2.45, 2.75) is 11.8 Å². The summed E-state index contributed by atoms with van der Waals surface area (Å²) in [5.41, 5.74) is -0.760. The van der Waals surface area contributed by atoms with Crippen LogP contribution in [0.5, 0.6) is 0 Å². The summed E-state index contributed by atoms with van der Waals surface area (Å²) in [5, 5.41) is 9.01. The van der Waals surface area contributed by atoms with Gasteiger partial charge < -0.3 is 5.11 Å². The Balaban J connectivity index is 3.51. The minimum Gasteiger partial charge on any atom is -0.478 e. The highest BCUT2D eigenvalue weighted by molar-refractivity contribution is 9.10. The van der Waals surface area contributed by atoms with Gasteiger partial charge >= 0.3 is 5.97 Å². The quantitative estimate of drug-likeness (QED) is 0.675. The molecular formula is C8H5Br2F2NO2. The number of hydrogen-bond acceptors (Lipinski definition) is 2. The van der Waals surface area contributed by atoms with E-state index in [4.69, 9.17) is 5.11 Å². The first-order valence-corrected chi connectivity index (χ1v) is 5.65. The lowest BCUT2D eigenvalue weighted by Crippen LogP contribution is -2.09. The number of carboxylic acid groups (broad SMARTS) is 1. The maximum Gasteiger partial charge on any atom is 0.336 e. The highest BCUT2D eigenvalue weighted by Crippen LogP contribution is 2.31. The topological polar surface area (TPSA) is 50.2 Å². The molecule has 0 spiro atoms. The van der Waals surface area contributed by atoms with Crippen molar-refractivity contribution in [1.82, 2.24) is 4.98 Å². The molecule has 0 unspecified atom stereocenters. The van der Waals surface area contributed by atoms with Crippen molar-refractivity contribution in [2.24, 2.45) is 0 Å². The first-order valence-electron chi connectivity index (χ1n) is 3.73. The summed E-state index contributed by atoms with van der Waals surface area (Å²) < 4.78 is 25.1. The number of carboxylic acids is 1. The predicted molar refractivity (Wildman–Crippen MR) is 56.5 cm³/mol. The molecule has 1 aromatic rings. The van der Waals surface area contributed by atoms with Crippen LogP contribution in [0.2, 0.25) is 0 Å². The van der Waals surface area contributed by atoms with Crippen LogP contribution in [0.25, 0.3) is 0 Å². The van der Waals surface area contributed by atoms with Crippen molar-refractivity contribution in [3.05, 3.63) is 27.5 Å². The minimum atomic E-state index is -2.88. The number of aromatic nitrogens is 1. The molecule has 0 radical (unpaired) electrons. The van der Waals surface area contributed by atoms with E-state index in [1.54, 1.807) is 0 Å². The van der Waals surface area contributed by atoms with Gasteiger partial charge in [-0.1, -0.05) is 15.9 Å². The summed E-state index contributed by atoms with van der Waals surface area (Å²) in [4.78, 5) is 14.5. The number of halogens is 4. The van der Waals surface area contributed by atoms with Crippen molar-refractivity contribution < 1.29 is 18.7 Å². The molecule has 0 saturated heterocycles. The third kappa shape index (κ3) is 2.52. The Morgan fingerprint density at radius 1 is 1.60 bits per heavy atom. The van der Waals surface area contributed by atoms with Crippen LogP contribution in [-0.4, -0.2) is 16.1 Å². The van der Waals surface area contributed by atoms with E-state index in [2.05, 4.69) is 36.8 Å². The smallest absolute Gasteiger partial charge is 0.336 e. The molecule has 0 bridgehead atoms. The van der Waals surface area contributed by atoms with Gasteiger partial charge in [-0.2, -0.15) is 0 Å². The van der Waals surface area contributed by atoms with E-state index in [1.807, 2.05) is 0 Å². The standard InChI is InChI=1S/C8H5Br2F2NO2/c9-1-3-2-13-6(10)5(7(11)12)4(3)8(14)15/h2,7H,1H2,(H,14,15). The lowest BCUT2D eigenvalue weighted by atomic mass is 10.1. The van der Waals surface area contributed by atoms with Gasteiger partial charge in [-0.05, 0) is 21.5 Å². The fourth-order valence-corrected chi connectivity index (χ4v) is 2.00. The van der Waals surface area contributed by atoms with Gasteiger partial charge in [0, 0.05) is 11.5 Å². The summed E-state index contributed by atoms with van der Waals surface area (Å²) in [6.45, 7) is 0. The van der Waals surface area contributed by atoms with E-state index < -0.39 is 23.5 Å². The lowest BCUT2D eigenvalue weighted by Gasteiger charge is -2.10. The monoisotopic (exact) mass is 343 g/mol. The number of carbonyl (C=O) groups is 1. The summed E-state index contributed by atoms with van der Waals surface area (Å²) >= 11 is 5.83. The highest BCUT2D eigenvalue weighted by atomic mass is 79.9. The molecule has 1 heterocycles. The average molecular weight is 345 g/mol. The van der Waals surface area contributed by atoms with Crippen LogP contribution in [0.4, 0.5) is 8.78 Å². The Labute approximate surface area is 101 Å². The molecule has 0 fully saturated rings. The Hall–Kier alpha value is -0.560. The highest BCUT2D eigenvalue weighted by Gasteiger charge is 2.24. The minimum absolute atomic E-state index is 0.139. The molecule has 0 amide bonds. The third-order valence-corrected chi connectivity index (χ3v) is 2.96. The molecule has 0 aromatic carbocycles. The van der Waals surface area contributed by atoms with Crippen LogP contribution >= 0.6 is 31.9 Å². The van der Waals surface area contributed by atoms with E-state index in [0.717, 1.165) is 0 Å². The van der Waals surface area contributed by atoms with Gasteiger partial charge in [0.05, 0.1) is 11.1 Å². The molecule has 0 atom stereocenters. The van der Waals surface area contributed by atoms with E-state index in [1.165, 1.54) is 6.20 Å². The largest absolute Gasteiger partial charge is 0.478 e. The second-order valence-electron chi connectivity index (χ2n) is 2.60. The molecule has 0 saturated carbocycles. The van der Waals surface area contributed by atoms with Gasteiger partial charge in [-0.15, -0.1) is 0 Å². The zero-order valence-electron chi connectivity index (χ0n) is 7.18. The van der Waals surface area contributed by atoms with Crippen LogP contribution in [0.1, 0.15) is 27.9 Å². The van der Waals surface area contributed by atoms with Crippen molar-refractivity contribution in [3.63, 3.8) is 0 Å². The van der Waals surface area contributed by atoms with E-state index in [9.17, 15) is 13.6 Å². The summed E-state index contributed by atoms with van der Waals surface area (Å²) in [5.74, 6) is -1.39.